The second-order valence-corrected chi connectivity index (χ2v) is 7.47. The van der Waals surface area contributed by atoms with Crippen molar-refractivity contribution in [3.05, 3.63) is 0 Å². The first-order valence-corrected chi connectivity index (χ1v) is 9.84. The molecule has 0 aromatic rings. The molecule has 150 valence electrons. The van der Waals surface area contributed by atoms with Crippen molar-refractivity contribution < 1.29 is 24.3 Å². The normalized spacial score (nSPS) is 14.3. The van der Waals surface area contributed by atoms with E-state index in [4.69, 9.17) is 11.5 Å². The van der Waals surface area contributed by atoms with Gasteiger partial charge >= 0.3 is 5.97 Å². The fourth-order valence-corrected chi connectivity index (χ4v) is 2.66. The maximum Gasteiger partial charge on any atom is 0.326 e. The lowest BCUT2D eigenvalue weighted by molar-refractivity contribution is -0.142. The van der Waals surface area contributed by atoms with Crippen LogP contribution in [0, 0.1) is 5.92 Å². The number of hydrogen-bond donors (Lipinski definition) is 5. The number of carboxylic acid groups (broad SMARTS) is 1. The van der Waals surface area contributed by atoms with Crippen LogP contribution >= 0.6 is 11.8 Å². The highest BCUT2D eigenvalue weighted by Crippen LogP contribution is 2.08. The van der Waals surface area contributed by atoms with Crippen LogP contribution in [0.25, 0.3) is 0 Å². The van der Waals surface area contributed by atoms with E-state index < -0.39 is 41.8 Å². The summed E-state index contributed by atoms with van der Waals surface area (Å²) in [6, 6.07) is -2.90. The van der Waals surface area contributed by atoms with Gasteiger partial charge in [0, 0.05) is 6.42 Å². The van der Waals surface area contributed by atoms with Crippen LogP contribution in [0.1, 0.15) is 39.5 Å². The molecule has 0 saturated carbocycles. The molecule has 0 radical (unpaired) electrons. The number of nitrogens with two attached hydrogens (primary N) is 2. The van der Waals surface area contributed by atoms with Gasteiger partial charge in [-0.3, -0.25) is 14.4 Å². The lowest BCUT2D eigenvalue weighted by Gasteiger charge is -2.24. The van der Waals surface area contributed by atoms with Crippen molar-refractivity contribution in [1.82, 2.24) is 10.6 Å². The number of nitrogens with one attached hydrogen (secondary N) is 2. The Balaban J connectivity index is 4.97. The summed E-state index contributed by atoms with van der Waals surface area (Å²) in [5, 5.41) is 14.1. The molecule has 3 amide bonds. The fraction of sp³-hybridized carbons (Fsp3) is 0.750. The van der Waals surface area contributed by atoms with Gasteiger partial charge in [-0.2, -0.15) is 11.8 Å². The van der Waals surface area contributed by atoms with E-state index >= 15 is 0 Å². The molecule has 10 heteroatoms. The van der Waals surface area contributed by atoms with Crippen LogP contribution < -0.4 is 22.1 Å². The van der Waals surface area contributed by atoms with E-state index in [0.29, 0.717) is 18.6 Å². The minimum atomic E-state index is -1.27. The van der Waals surface area contributed by atoms with Gasteiger partial charge in [0.2, 0.25) is 17.7 Å². The van der Waals surface area contributed by atoms with E-state index in [0.717, 1.165) is 0 Å². The highest BCUT2D eigenvalue weighted by atomic mass is 32.2. The highest BCUT2D eigenvalue weighted by Gasteiger charge is 2.28. The molecule has 0 aliphatic carbocycles. The largest absolute Gasteiger partial charge is 0.480 e. The van der Waals surface area contributed by atoms with Gasteiger partial charge in [0.15, 0.2) is 0 Å². The second kappa shape index (κ2) is 12.5. The summed E-state index contributed by atoms with van der Waals surface area (Å²) in [6.07, 6.45) is 2.41. The third-order valence-corrected chi connectivity index (χ3v) is 4.25. The molecule has 0 aromatic carbocycles. The number of aliphatic carboxylic acids is 1. The first kappa shape index (κ1) is 24.2. The Kier molecular flexibility index (Phi) is 11.7. The number of primary amides is 1. The van der Waals surface area contributed by atoms with Gasteiger partial charge in [0.05, 0.1) is 6.04 Å². The number of carboxylic acids is 1. The summed E-state index contributed by atoms with van der Waals surface area (Å²) < 4.78 is 0. The standard InChI is InChI=1S/C16H30N4O5S/c1-9(2)8-12(20-14(22)10(17)6-7-26-3)15(23)19-11(16(24)25)4-5-13(18)21/h9-12H,4-8,17H2,1-3H3,(H2,18,21)(H,19,23)(H,20,22)(H,24,25). The van der Waals surface area contributed by atoms with E-state index in [1.54, 1.807) is 11.8 Å². The van der Waals surface area contributed by atoms with Crippen molar-refractivity contribution in [3.8, 4) is 0 Å². The third kappa shape index (κ3) is 10.2. The summed E-state index contributed by atoms with van der Waals surface area (Å²) in [6.45, 7) is 3.75. The summed E-state index contributed by atoms with van der Waals surface area (Å²) in [5.41, 5.74) is 10.8. The molecule has 3 atom stereocenters. The Hall–Kier alpha value is -1.81. The van der Waals surface area contributed by atoms with Crippen LogP contribution in [0.3, 0.4) is 0 Å². The van der Waals surface area contributed by atoms with Gasteiger partial charge in [-0.05, 0) is 37.2 Å². The molecule has 0 aliphatic heterocycles. The number of hydrogen-bond acceptors (Lipinski definition) is 6. The van der Waals surface area contributed by atoms with Gasteiger partial charge < -0.3 is 27.2 Å². The Bertz CT molecular complexity index is 501. The number of carbonyl (C=O) groups is 4. The van der Waals surface area contributed by atoms with Gasteiger partial charge in [-0.1, -0.05) is 13.8 Å². The lowest BCUT2D eigenvalue weighted by atomic mass is 10.0. The van der Waals surface area contributed by atoms with E-state index in [2.05, 4.69) is 10.6 Å². The molecule has 0 heterocycles. The van der Waals surface area contributed by atoms with Crippen molar-refractivity contribution in [2.75, 3.05) is 12.0 Å². The van der Waals surface area contributed by atoms with Crippen LogP contribution in [0.5, 0.6) is 0 Å². The number of rotatable bonds is 13. The molecule has 0 spiro atoms. The Morgan fingerprint density at radius 3 is 2.08 bits per heavy atom. The SMILES string of the molecule is CSCCC(N)C(=O)NC(CC(C)C)C(=O)NC(CCC(N)=O)C(=O)O. The predicted octanol–water partition coefficient (Wildman–Crippen LogP) is -0.567. The van der Waals surface area contributed by atoms with E-state index in [1.807, 2.05) is 20.1 Å². The molecular formula is C16H30N4O5S. The van der Waals surface area contributed by atoms with Crippen LogP contribution in [-0.4, -0.2) is 58.9 Å². The average Bonchev–Trinajstić information content (AvgIpc) is 2.54. The Labute approximate surface area is 158 Å². The lowest BCUT2D eigenvalue weighted by Crippen LogP contribution is -2.55. The Morgan fingerprint density at radius 2 is 1.62 bits per heavy atom. The quantitative estimate of drug-likeness (QED) is 0.281. The van der Waals surface area contributed by atoms with Crippen LogP contribution in [0.4, 0.5) is 0 Å². The van der Waals surface area contributed by atoms with Crippen LogP contribution in [0.15, 0.2) is 0 Å². The molecule has 0 saturated heterocycles. The van der Waals surface area contributed by atoms with Gasteiger partial charge in [0.1, 0.15) is 12.1 Å². The zero-order chi connectivity index (χ0) is 20.3. The summed E-state index contributed by atoms with van der Waals surface area (Å²) >= 11 is 1.56. The monoisotopic (exact) mass is 390 g/mol. The molecule has 0 aliphatic rings. The molecule has 3 unspecified atom stereocenters. The number of carbonyl (C=O) groups excluding carboxylic acids is 3. The van der Waals surface area contributed by atoms with E-state index in [1.165, 1.54) is 0 Å². The molecule has 26 heavy (non-hydrogen) atoms. The first-order valence-electron chi connectivity index (χ1n) is 8.44. The average molecular weight is 391 g/mol. The molecule has 0 rings (SSSR count). The molecule has 7 N–H and O–H groups in total. The summed E-state index contributed by atoms with van der Waals surface area (Å²) in [7, 11) is 0. The van der Waals surface area contributed by atoms with Gasteiger partial charge in [-0.15, -0.1) is 0 Å². The minimum absolute atomic E-state index is 0.0855. The third-order valence-electron chi connectivity index (χ3n) is 3.60. The van der Waals surface area contributed by atoms with Crippen molar-refractivity contribution >= 4 is 35.5 Å². The van der Waals surface area contributed by atoms with Crippen molar-refractivity contribution in [3.63, 3.8) is 0 Å². The molecule has 0 aromatic heterocycles. The zero-order valence-electron chi connectivity index (χ0n) is 15.5. The van der Waals surface area contributed by atoms with E-state index in [-0.39, 0.29) is 18.8 Å². The number of amides is 3. The first-order chi connectivity index (χ1) is 12.1. The Morgan fingerprint density at radius 1 is 1.04 bits per heavy atom. The maximum atomic E-state index is 12.5. The van der Waals surface area contributed by atoms with Gasteiger partial charge in [-0.25, -0.2) is 4.79 Å². The maximum absolute atomic E-state index is 12.5. The highest BCUT2D eigenvalue weighted by molar-refractivity contribution is 7.98. The minimum Gasteiger partial charge on any atom is -0.480 e. The second-order valence-electron chi connectivity index (χ2n) is 6.48. The molecule has 0 fully saturated rings. The zero-order valence-corrected chi connectivity index (χ0v) is 16.3. The molecular weight excluding hydrogens is 360 g/mol. The van der Waals surface area contributed by atoms with Gasteiger partial charge in [0.25, 0.3) is 0 Å². The van der Waals surface area contributed by atoms with Crippen molar-refractivity contribution in [2.45, 2.75) is 57.7 Å². The number of thioether (sulfide) groups is 1. The predicted molar refractivity (Wildman–Crippen MR) is 100 cm³/mol. The van der Waals surface area contributed by atoms with Crippen LogP contribution in [-0.2, 0) is 19.2 Å². The summed E-state index contributed by atoms with van der Waals surface area (Å²) in [4.78, 5) is 46.7. The fourth-order valence-electron chi connectivity index (χ4n) is 2.17. The summed E-state index contributed by atoms with van der Waals surface area (Å²) in [5.74, 6) is -2.21. The molecule has 0 bridgehead atoms. The molecule has 9 nitrogen and oxygen atoms in total. The van der Waals surface area contributed by atoms with Crippen molar-refractivity contribution in [2.24, 2.45) is 17.4 Å². The van der Waals surface area contributed by atoms with Crippen molar-refractivity contribution in [1.29, 1.82) is 0 Å². The topological polar surface area (TPSA) is 165 Å². The van der Waals surface area contributed by atoms with Crippen LogP contribution in [0.2, 0.25) is 0 Å². The van der Waals surface area contributed by atoms with E-state index in [9.17, 15) is 24.3 Å². The smallest absolute Gasteiger partial charge is 0.326 e.